The van der Waals surface area contributed by atoms with Gasteiger partial charge >= 0.3 is 0 Å². The van der Waals surface area contributed by atoms with Crippen LogP contribution in [0.5, 0.6) is 11.5 Å². The maximum atomic E-state index is 5.82. The molecule has 1 aliphatic carbocycles. The van der Waals surface area contributed by atoms with E-state index in [1.165, 1.54) is 0 Å². The van der Waals surface area contributed by atoms with Gasteiger partial charge in [0.2, 0.25) is 5.75 Å². The van der Waals surface area contributed by atoms with Crippen molar-refractivity contribution < 1.29 is 9.47 Å². The van der Waals surface area contributed by atoms with Crippen LogP contribution in [0.1, 0.15) is 62.8 Å². The van der Waals surface area contributed by atoms with E-state index in [0.717, 1.165) is 58.6 Å². The van der Waals surface area contributed by atoms with Gasteiger partial charge < -0.3 is 13.9 Å². The van der Waals surface area contributed by atoms with E-state index in [4.69, 9.17) is 24.5 Å². The summed E-state index contributed by atoms with van der Waals surface area (Å²) in [5.41, 5.74) is 3.83. The summed E-state index contributed by atoms with van der Waals surface area (Å²) in [5, 5.41) is 4.82. The van der Waals surface area contributed by atoms with Crippen molar-refractivity contribution in [2.45, 2.75) is 45.4 Å². The number of pyridine rings is 1. The molecule has 7 heteroatoms. The second-order valence-corrected chi connectivity index (χ2v) is 7.81. The van der Waals surface area contributed by atoms with Crippen molar-refractivity contribution in [3.63, 3.8) is 0 Å². The van der Waals surface area contributed by atoms with Crippen LogP contribution in [0.4, 0.5) is 0 Å². The number of aromatic nitrogens is 5. The first-order valence-electron chi connectivity index (χ1n) is 10.1. The van der Waals surface area contributed by atoms with E-state index in [1.807, 2.05) is 48.2 Å². The van der Waals surface area contributed by atoms with E-state index >= 15 is 0 Å². The normalized spacial score (nSPS) is 21.3. The van der Waals surface area contributed by atoms with Crippen molar-refractivity contribution in [1.29, 1.82) is 0 Å². The van der Waals surface area contributed by atoms with Crippen molar-refractivity contribution in [3.8, 4) is 11.5 Å². The lowest BCUT2D eigenvalue weighted by Crippen LogP contribution is -2.23. The summed E-state index contributed by atoms with van der Waals surface area (Å²) in [6.45, 7) is 11.2. The summed E-state index contributed by atoms with van der Waals surface area (Å²) < 4.78 is 15.4. The lowest BCUT2D eigenvalue weighted by atomic mass is 9.71. The van der Waals surface area contributed by atoms with E-state index in [2.05, 4.69) is 12.8 Å². The van der Waals surface area contributed by atoms with Crippen LogP contribution in [-0.4, -0.2) is 37.4 Å². The van der Waals surface area contributed by atoms with E-state index < -0.39 is 0 Å². The Balaban J connectivity index is 1.50. The molecule has 0 N–H and O–H groups in total. The zero-order valence-electron chi connectivity index (χ0n) is 17.1. The van der Waals surface area contributed by atoms with E-state index in [9.17, 15) is 0 Å². The van der Waals surface area contributed by atoms with Crippen LogP contribution in [0.3, 0.4) is 0 Å². The Morgan fingerprint density at radius 2 is 1.97 bits per heavy atom. The maximum absolute atomic E-state index is 5.82. The molecule has 0 aromatic carbocycles. The smallest absolute Gasteiger partial charge is 0.205 e. The minimum Gasteiger partial charge on any atom is -0.486 e. The lowest BCUT2D eigenvalue weighted by Gasteiger charge is -2.33. The Morgan fingerprint density at radius 1 is 1.17 bits per heavy atom. The monoisotopic (exact) mass is 391 g/mol. The Hall–Kier alpha value is -3.09. The first-order chi connectivity index (χ1) is 14.1. The third kappa shape index (κ3) is 2.84. The molecule has 1 aliphatic heterocycles. The summed E-state index contributed by atoms with van der Waals surface area (Å²) in [5.74, 6) is 3.76. The molecule has 0 bridgehead atoms. The fourth-order valence-corrected chi connectivity index (χ4v) is 4.04. The Bertz CT molecular complexity index is 1140. The highest BCUT2D eigenvalue weighted by atomic mass is 16.6. The minimum absolute atomic E-state index is 0.261. The van der Waals surface area contributed by atoms with Gasteiger partial charge in [-0.2, -0.15) is 5.10 Å². The summed E-state index contributed by atoms with van der Waals surface area (Å²) >= 11 is 0. The third-order valence-electron chi connectivity index (χ3n) is 5.89. The molecule has 2 aliphatic rings. The van der Waals surface area contributed by atoms with Gasteiger partial charge in [-0.1, -0.05) is 12.7 Å². The van der Waals surface area contributed by atoms with Gasteiger partial charge in [0.25, 0.3) is 0 Å². The number of fused-ring (bicyclic) bond motifs is 3. The molecule has 0 amide bonds. The molecule has 1 unspecified atom stereocenters. The van der Waals surface area contributed by atoms with Gasteiger partial charge in [-0.15, -0.1) is 0 Å². The van der Waals surface area contributed by atoms with E-state index in [-0.39, 0.29) is 5.92 Å². The second-order valence-electron chi connectivity index (χ2n) is 7.81. The molecule has 3 aromatic heterocycles. The quantitative estimate of drug-likeness (QED) is 0.664. The first-order valence-corrected chi connectivity index (χ1v) is 10.1. The number of hydrogen-bond acceptors (Lipinski definition) is 5. The fourth-order valence-electron chi connectivity index (χ4n) is 4.04. The van der Waals surface area contributed by atoms with Crippen LogP contribution in [0.25, 0.3) is 16.9 Å². The van der Waals surface area contributed by atoms with Crippen LogP contribution in [0.15, 0.2) is 31.1 Å². The Labute approximate surface area is 169 Å². The standard InChI is InChI=1S/C22H25N5O2/c1-5-14(4)27-21(13(2)3)24-20(25-27)16-7-6-15(16)17-12-26-9-8-18-19(22(26)23-17)29-11-10-28-18/h5,8-9,12,15-16H,2,6-7,10-11H2,1,3-4H3/b14-5-/t15-,16?/m0/s1. The van der Waals surface area contributed by atoms with Crippen molar-refractivity contribution in [2.24, 2.45) is 0 Å². The highest BCUT2D eigenvalue weighted by molar-refractivity contribution is 5.63. The molecule has 150 valence electrons. The highest BCUT2D eigenvalue weighted by Crippen LogP contribution is 2.48. The third-order valence-corrected chi connectivity index (χ3v) is 5.89. The molecule has 0 spiro atoms. The number of nitrogens with zero attached hydrogens (tertiary/aromatic N) is 5. The molecule has 0 saturated heterocycles. The SMILES string of the molecule is C=C(C)c1nc(C2CC[C@@H]2c2cn3ccc4c(c3n2)OCCO4)nn1/C(C)=C\C. The molecule has 5 rings (SSSR count). The molecular formula is C22H25N5O2. The average Bonchev–Trinajstić information content (AvgIpc) is 3.31. The molecular weight excluding hydrogens is 366 g/mol. The maximum Gasteiger partial charge on any atom is 0.205 e. The minimum atomic E-state index is 0.261. The highest BCUT2D eigenvalue weighted by Gasteiger charge is 2.38. The molecule has 3 aromatic rings. The number of ether oxygens (including phenoxy) is 2. The van der Waals surface area contributed by atoms with E-state index in [1.54, 1.807) is 0 Å². The van der Waals surface area contributed by atoms with Gasteiger partial charge in [0.15, 0.2) is 23.0 Å². The summed E-state index contributed by atoms with van der Waals surface area (Å²) in [4.78, 5) is 9.74. The second kappa shape index (κ2) is 6.76. The zero-order chi connectivity index (χ0) is 20.1. The van der Waals surface area contributed by atoms with Crippen LogP contribution >= 0.6 is 0 Å². The zero-order valence-corrected chi connectivity index (χ0v) is 17.1. The Kier molecular flexibility index (Phi) is 4.19. The fraction of sp³-hybridized carbons (Fsp3) is 0.409. The number of imidazole rings is 1. The molecule has 0 radical (unpaired) electrons. The van der Waals surface area contributed by atoms with Crippen molar-refractivity contribution in [2.75, 3.05) is 13.2 Å². The van der Waals surface area contributed by atoms with Crippen LogP contribution in [0.2, 0.25) is 0 Å². The average molecular weight is 391 g/mol. The molecule has 1 fully saturated rings. The molecule has 7 nitrogen and oxygen atoms in total. The van der Waals surface area contributed by atoms with Crippen molar-refractivity contribution in [1.82, 2.24) is 24.1 Å². The number of rotatable bonds is 4. The lowest BCUT2D eigenvalue weighted by molar-refractivity contribution is 0.172. The van der Waals surface area contributed by atoms with Gasteiger partial charge in [0, 0.05) is 36.0 Å². The Morgan fingerprint density at radius 3 is 2.69 bits per heavy atom. The number of hydrogen-bond donors (Lipinski definition) is 0. The van der Waals surface area contributed by atoms with Gasteiger partial charge in [-0.05, 0) is 39.2 Å². The summed E-state index contributed by atoms with van der Waals surface area (Å²) in [6.07, 6.45) is 8.25. The van der Waals surface area contributed by atoms with Crippen LogP contribution < -0.4 is 9.47 Å². The molecule has 2 atom stereocenters. The van der Waals surface area contributed by atoms with E-state index in [0.29, 0.717) is 19.1 Å². The first kappa shape index (κ1) is 18.0. The van der Waals surface area contributed by atoms with Gasteiger partial charge in [-0.3, -0.25) is 0 Å². The molecule has 1 saturated carbocycles. The number of allylic oxidation sites excluding steroid dienone is 3. The summed E-state index contributed by atoms with van der Waals surface area (Å²) in [6, 6.07) is 1.94. The predicted molar refractivity (Wildman–Crippen MR) is 111 cm³/mol. The predicted octanol–water partition coefficient (Wildman–Crippen LogP) is 4.27. The molecule has 29 heavy (non-hydrogen) atoms. The van der Waals surface area contributed by atoms with Gasteiger partial charge in [0.1, 0.15) is 13.2 Å². The van der Waals surface area contributed by atoms with Gasteiger partial charge in [0.05, 0.1) is 5.69 Å². The molecule has 4 heterocycles. The van der Waals surface area contributed by atoms with Crippen LogP contribution in [-0.2, 0) is 0 Å². The van der Waals surface area contributed by atoms with Crippen LogP contribution in [0, 0.1) is 0 Å². The topological polar surface area (TPSA) is 66.5 Å². The van der Waals surface area contributed by atoms with Crippen molar-refractivity contribution >= 4 is 16.9 Å². The largest absolute Gasteiger partial charge is 0.486 e. The van der Waals surface area contributed by atoms with Crippen molar-refractivity contribution in [3.05, 3.63) is 48.5 Å². The summed E-state index contributed by atoms with van der Waals surface area (Å²) in [7, 11) is 0. The van der Waals surface area contributed by atoms with Gasteiger partial charge in [-0.25, -0.2) is 14.6 Å².